The molecular weight excluding hydrogens is 332 g/mol. The van der Waals surface area contributed by atoms with Crippen LogP contribution in [0.1, 0.15) is 37.0 Å². The number of sulfonamides is 1. The molecule has 1 fully saturated rings. The van der Waals surface area contributed by atoms with Gasteiger partial charge in [0.2, 0.25) is 10.0 Å². The number of benzene rings is 1. The summed E-state index contributed by atoms with van der Waals surface area (Å²) in [6, 6.07) is 4.41. The first-order valence-electron chi connectivity index (χ1n) is 8.14. The molecule has 1 aromatic rings. The van der Waals surface area contributed by atoms with Crippen LogP contribution in [-0.4, -0.2) is 46.7 Å². The van der Waals surface area contributed by atoms with E-state index in [2.05, 4.69) is 10.0 Å². The molecule has 1 aromatic carbocycles. The summed E-state index contributed by atoms with van der Waals surface area (Å²) in [6.07, 6.45) is 1.94. The number of ether oxygens (including phenoxy) is 2. The monoisotopic (exact) mass is 356 g/mol. The van der Waals surface area contributed by atoms with Gasteiger partial charge in [-0.05, 0) is 38.0 Å². The molecule has 0 bridgehead atoms. The maximum absolute atomic E-state index is 12.3. The van der Waals surface area contributed by atoms with E-state index in [9.17, 15) is 13.2 Å². The number of amides is 1. The number of hydrogen-bond acceptors (Lipinski definition) is 5. The zero-order valence-corrected chi connectivity index (χ0v) is 14.8. The van der Waals surface area contributed by atoms with E-state index in [1.165, 1.54) is 12.1 Å². The zero-order chi connectivity index (χ0) is 17.6. The third kappa shape index (κ3) is 4.68. The topological polar surface area (TPSA) is 93.7 Å². The summed E-state index contributed by atoms with van der Waals surface area (Å²) in [6.45, 7) is 5.18. The molecule has 1 aliphatic rings. The fraction of sp³-hybridized carbons (Fsp3) is 0.562. The molecular formula is C16H24N2O5S. The molecule has 134 valence electrons. The van der Waals surface area contributed by atoms with Crippen LogP contribution in [0.3, 0.4) is 0 Å². The highest BCUT2D eigenvalue weighted by Gasteiger charge is 2.22. The van der Waals surface area contributed by atoms with Gasteiger partial charge in [0, 0.05) is 25.3 Å². The minimum absolute atomic E-state index is 0.0293. The largest absolute Gasteiger partial charge is 0.492 e. The van der Waals surface area contributed by atoms with Crippen molar-refractivity contribution in [1.29, 1.82) is 0 Å². The Hall–Kier alpha value is -1.64. The molecule has 7 nitrogen and oxygen atoms in total. The van der Waals surface area contributed by atoms with Crippen molar-refractivity contribution in [2.45, 2.75) is 37.7 Å². The SMILES string of the molecule is CCNS(=O)(=O)c1cc(C(=O)NC[C@H]2CCCO2)ccc1OCC. The highest BCUT2D eigenvalue weighted by molar-refractivity contribution is 7.89. The van der Waals surface area contributed by atoms with Crippen LogP contribution in [0.2, 0.25) is 0 Å². The van der Waals surface area contributed by atoms with Crippen LogP contribution in [0.25, 0.3) is 0 Å². The first-order chi connectivity index (χ1) is 11.5. The van der Waals surface area contributed by atoms with Crippen LogP contribution in [-0.2, 0) is 14.8 Å². The van der Waals surface area contributed by atoms with Gasteiger partial charge in [-0.2, -0.15) is 0 Å². The number of rotatable bonds is 8. The predicted octanol–water partition coefficient (Wildman–Crippen LogP) is 1.29. The lowest BCUT2D eigenvalue weighted by atomic mass is 10.2. The van der Waals surface area contributed by atoms with Gasteiger partial charge in [0.25, 0.3) is 5.91 Å². The van der Waals surface area contributed by atoms with Crippen LogP contribution in [0.15, 0.2) is 23.1 Å². The van der Waals surface area contributed by atoms with Crippen molar-refractivity contribution < 1.29 is 22.7 Å². The second kappa shape index (κ2) is 8.46. The van der Waals surface area contributed by atoms with Crippen LogP contribution >= 0.6 is 0 Å². The lowest BCUT2D eigenvalue weighted by molar-refractivity contribution is 0.0857. The van der Waals surface area contributed by atoms with Gasteiger partial charge in [0.15, 0.2) is 0 Å². The van der Waals surface area contributed by atoms with Gasteiger partial charge in [-0.25, -0.2) is 13.1 Å². The molecule has 0 radical (unpaired) electrons. The molecule has 8 heteroatoms. The van der Waals surface area contributed by atoms with Gasteiger partial charge in [0.1, 0.15) is 10.6 Å². The van der Waals surface area contributed by atoms with Crippen molar-refractivity contribution in [3.8, 4) is 5.75 Å². The third-order valence-electron chi connectivity index (χ3n) is 3.64. The maximum Gasteiger partial charge on any atom is 0.251 e. The first kappa shape index (κ1) is 18.7. The average molecular weight is 356 g/mol. The van der Waals surface area contributed by atoms with Crippen molar-refractivity contribution in [3.05, 3.63) is 23.8 Å². The number of nitrogens with one attached hydrogen (secondary N) is 2. The Morgan fingerprint density at radius 3 is 2.79 bits per heavy atom. The first-order valence-corrected chi connectivity index (χ1v) is 9.62. The fourth-order valence-electron chi connectivity index (χ4n) is 2.52. The van der Waals surface area contributed by atoms with E-state index in [-0.39, 0.29) is 34.8 Å². The third-order valence-corrected chi connectivity index (χ3v) is 5.21. The van der Waals surface area contributed by atoms with Gasteiger partial charge in [-0.3, -0.25) is 4.79 Å². The van der Waals surface area contributed by atoms with E-state index in [0.29, 0.717) is 19.8 Å². The lowest BCUT2D eigenvalue weighted by Gasteiger charge is -2.14. The summed E-state index contributed by atoms with van der Waals surface area (Å²) in [5.41, 5.74) is 0.271. The Kier molecular flexibility index (Phi) is 6.59. The van der Waals surface area contributed by atoms with Crippen molar-refractivity contribution in [2.24, 2.45) is 0 Å². The van der Waals surface area contributed by atoms with Crippen LogP contribution in [0, 0.1) is 0 Å². The Labute approximate surface area is 142 Å². The Morgan fingerprint density at radius 1 is 1.38 bits per heavy atom. The molecule has 2 rings (SSSR count). The van der Waals surface area contributed by atoms with Gasteiger partial charge in [-0.15, -0.1) is 0 Å². The second-order valence-electron chi connectivity index (χ2n) is 5.44. The minimum atomic E-state index is -3.73. The van der Waals surface area contributed by atoms with Gasteiger partial charge in [0.05, 0.1) is 12.7 Å². The van der Waals surface area contributed by atoms with E-state index in [0.717, 1.165) is 12.8 Å². The van der Waals surface area contributed by atoms with Crippen molar-refractivity contribution in [1.82, 2.24) is 10.0 Å². The summed E-state index contributed by atoms with van der Waals surface area (Å²) >= 11 is 0. The lowest BCUT2D eigenvalue weighted by Crippen LogP contribution is -2.32. The Balaban J connectivity index is 2.19. The molecule has 0 aliphatic carbocycles. The summed E-state index contributed by atoms with van der Waals surface area (Å²) < 4.78 is 37.9. The van der Waals surface area contributed by atoms with E-state index in [1.807, 2.05) is 0 Å². The fourth-order valence-corrected chi connectivity index (χ4v) is 3.73. The van der Waals surface area contributed by atoms with Crippen LogP contribution in [0.4, 0.5) is 0 Å². The number of carbonyl (C=O) groups is 1. The predicted molar refractivity (Wildman–Crippen MR) is 89.8 cm³/mol. The Morgan fingerprint density at radius 2 is 2.17 bits per heavy atom. The Bertz CT molecular complexity index is 669. The highest BCUT2D eigenvalue weighted by Crippen LogP contribution is 2.25. The molecule has 0 unspecified atom stereocenters. The van der Waals surface area contributed by atoms with Gasteiger partial charge < -0.3 is 14.8 Å². The molecule has 1 saturated heterocycles. The van der Waals surface area contributed by atoms with E-state index in [4.69, 9.17) is 9.47 Å². The van der Waals surface area contributed by atoms with Crippen LogP contribution < -0.4 is 14.8 Å². The van der Waals surface area contributed by atoms with E-state index < -0.39 is 10.0 Å². The normalized spacial score (nSPS) is 17.7. The number of hydrogen-bond donors (Lipinski definition) is 2. The van der Waals surface area contributed by atoms with Gasteiger partial charge >= 0.3 is 0 Å². The molecule has 1 aliphatic heterocycles. The van der Waals surface area contributed by atoms with Crippen LogP contribution in [0.5, 0.6) is 5.75 Å². The standard InChI is InChI=1S/C16H24N2O5S/c1-3-18-24(20,21)15-10-12(7-8-14(15)22-4-2)16(19)17-11-13-6-5-9-23-13/h7-8,10,13,18H,3-6,9,11H2,1-2H3,(H,17,19)/t13-/m1/s1. The molecule has 1 atom stereocenters. The van der Waals surface area contributed by atoms with Gasteiger partial charge in [-0.1, -0.05) is 6.92 Å². The summed E-state index contributed by atoms with van der Waals surface area (Å²) in [4.78, 5) is 12.3. The summed E-state index contributed by atoms with van der Waals surface area (Å²) in [5, 5.41) is 2.78. The second-order valence-corrected chi connectivity index (χ2v) is 7.18. The van der Waals surface area contributed by atoms with E-state index in [1.54, 1.807) is 19.9 Å². The molecule has 0 saturated carbocycles. The molecule has 1 amide bonds. The quantitative estimate of drug-likeness (QED) is 0.732. The average Bonchev–Trinajstić information content (AvgIpc) is 3.06. The molecule has 0 aromatic heterocycles. The molecule has 24 heavy (non-hydrogen) atoms. The number of carbonyl (C=O) groups excluding carboxylic acids is 1. The van der Waals surface area contributed by atoms with Crippen molar-refractivity contribution >= 4 is 15.9 Å². The molecule has 0 spiro atoms. The van der Waals surface area contributed by atoms with Crippen molar-refractivity contribution in [3.63, 3.8) is 0 Å². The highest BCUT2D eigenvalue weighted by atomic mass is 32.2. The summed E-state index contributed by atoms with van der Waals surface area (Å²) in [7, 11) is -3.73. The maximum atomic E-state index is 12.3. The minimum Gasteiger partial charge on any atom is -0.492 e. The van der Waals surface area contributed by atoms with Crippen molar-refractivity contribution in [2.75, 3.05) is 26.3 Å². The van der Waals surface area contributed by atoms with E-state index >= 15 is 0 Å². The zero-order valence-electron chi connectivity index (χ0n) is 14.0. The molecule has 1 heterocycles. The molecule has 2 N–H and O–H groups in total. The smallest absolute Gasteiger partial charge is 0.251 e. The summed E-state index contributed by atoms with van der Waals surface area (Å²) in [5.74, 6) is -0.101.